The van der Waals surface area contributed by atoms with Crippen molar-refractivity contribution in [3.63, 3.8) is 0 Å². The Morgan fingerprint density at radius 2 is 1.81 bits per heavy atom. The highest BCUT2D eigenvalue weighted by molar-refractivity contribution is 5.88. The molecule has 3 unspecified atom stereocenters. The number of nitrogens with zero attached hydrogens (tertiary/aromatic N) is 1. The zero-order valence-electron chi connectivity index (χ0n) is 21.1. The number of anilines is 1. The number of fused-ring (bicyclic) bond motifs is 2. The fourth-order valence-electron chi connectivity index (χ4n) is 5.44. The van der Waals surface area contributed by atoms with Gasteiger partial charge in [-0.15, -0.1) is 0 Å². The van der Waals surface area contributed by atoms with Gasteiger partial charge in [0.05, 0.1) is 19.6 Å². The summed E-state index contributed by atoms with van der Waals surface area (Å²) in [6.07, 6.45) is 2.61. The predicted molar refractivity (Wildman–Crippen MR) is 146 cm³/mol. The van der Waals surface area contributed by atoms with Crippen LogP contribution in [0.15, 0.2) is 79.0 Å². The van der Waals surface area contributed by atoms with Gasteiger partial charge in [-0.3, -0.25) is 9.59 Å². The van der Waals surface area contributed by atoms with Crippen molar-refractivity contribution in [2.75, 3.05) is 25.1 Å². The summed E-state index contributed by atoms with van der Waals surface area (Å²) in [7, 11) is 1.65. The van der Waals surface area contributed by atoms with E-state index in [0.29, 0.717) is 13.0 Å². The fraction of sp³-hybridized carbons (Fsp3) is 0.267. The normalized spacial score (nSPS) is 17.7. The van der Waals surface area contributed by atoms with E-state index in [2.05, 4.69) is 27.3 Å². The van der Waals surface area contributed by atoms with Crippen LogP contribution in [0.4, 0.5) is 5.69 Å². The second-order valence-electron chi connectivity index (χ2n) is 9.65. The van der Waals surface area contributed by atoms with Crippen LogP contribution in [0.1, 0.15) is 41.9 Å². The number of hydrogen-bond donors (Lipinski definition) is 3. The molecule has 3 atom stereocenters. The van der Waals surface area contributed by atoms with E-state index in [9.17, 15) is 9.59 Å². The van der Waals surface area contributed by atoms with Gasteiger partial charge in [0.2, 0.25) is 11.8 Å². The molecule has 5 rings (SSSR count). The number of aromatic amines is 1. The number of amides is 2. The van der Waals surface area contributed by atoms with Crippen LogP contribution in [0.3, 0.4) is 0 Å². The lowest BCUT2D eigenvalue weighted by Crippen LogP contribution is -2.47. The lowest BCUT2D eigenvalue weighted by atomic mass is 9.85. The quantitative estimate of drug-likeness (QED) is 0.339. The molecule has 2 heterocycles. The summed E-state index contributed by atoms with van der Waals surface area (Å²) in [4.78, 5) is 30.8. The minimum atomic E-state index is -0.341. The van der Waals surface area contributed by atoms with E-state index in [1.807, 2.05) is 73.8 Å². The third-order valence-corrected chi connectivity index (χ3v) is 7.41. The van der Waals surface area contributed by atoms with Crippen molar-refractivity contribution in [1.29, 1.82) is 0 Å². The number of ether oxygens (including phenoxy) is 1. The number of para-hydroxylation sites is 2. The smallest absolute Gasteiger partial charge is 0.239 e. The largest absolute Gasteiger partial charge is 0.497 e. The lowest BCUT2D eigenvalue weighted by molar-refractivity contribution is -0.120. The number of nitrogens with one attached hydrogen (secondary N) is 2. The van der Waals surface area contributed by atoms with Gasteiger partial charge in [0.25, 0.3) is 0 Å². The first-order chi connectivity index (χ1) is 18.0. The molecule has 0 spiro atoms. The van der Waals surface area contributed by atoms with E-state index in [1.165, 1.54) is 0 Å². The molecule has 190 valence electrons. The summed E-state index contributed by atoms with van der Waals surface area (Å²) in [6.45, 7) is 2.68. The van der Waals surface area contributed by atoms with Crippen LogP contribution in [-0.4, -0.2) is 43.0 Å². The summed E-state index contributed by atoms with van der Waals surface area (Å²) < 4.78 is 5.34. The third-order valence-electron chi connectivity index (χ3n) is 7.41. The summed E-state index contributed by atoms with van der Waals surface area (Å²) in [5, 5.41) is 4.31. The van der Waals surface area contributed by atoms with Gasteiger partial charge in [-0.25, -0.2) is 0 Å². The van der Waals surface area contributed by atoms with E-state index < -0.39 is 0 Å². The summed E-state index contributed by atoms with van der Waals surface area (Å²) in [6, 6.07) is 23.9. The monoisotopic (exact) mass is 496 g/mol. The van der Waals surface area contributed by atoms with E-state index in [4.69, 9.17) is 10.5 Å². The number of carbonyl (C=O) groups excluding carboxylic acids is 2. The number of H-pyrrole nitrogens is 1. The van der Waals surface area contributed by atoms with Crippen LogP contribution in [0, 0.1) is 0 Å². The Morgan fingerprint density at radius 1 is 1.08 bits per heavy atom. The first-order valence-electron chi connectivity index (χ1n) is 12.6. The molecular weight excluding hydrogens is 464 g/mol. The minimum Gasteiger partial charge on any atom is -0.497 e. The van der Waals surface area contributed by atoms with Crippen LogP contribution in [-0.2, 0) is 9.59 Å². The van der Waals surface area contributed by atoms with Crippen LogP contribution in [0.5, 0.6) is 5.75 Å². The molecule has 1 aliphatic heterocycles. The second-order valence-corrected chi connectivity index (χ2v) is 9.65. The van der Waals surface area contributed by atoms with Crippen molar-refractivity contribution in [3.8, 4) is 5.75 Å². The van der Waals surface area contributed by atoms with Gasteiger partial charge in [-0.05, 0) is 54.3 Å². The van der Waals surface area contributed by atoms with Crippen LogP contribution >= 0.6 is 0 Å². The number of nitrogens with two attached hydrogens (primary N) is 1. The van der Waals surface area contributed by atoms with E-state index in [-0.39, 0.29) is 36.2 Å². The number of primary amides is 1. The molecule has 0 bridgehead atoms. The SMILES string of the molecule is COc1ccc(C(CNC(=O)CN2c3ccccc3C(C(N)=O)CC2C)c2c[nH]c3ccccc23)cc1. The number of rotatable bonds is 8. The fourth-order valence-corrected chi connectivity index (χ4v) is 5.44. The molecule has 0 radical (unpaired) electrons. The highest BCUT2D eigenvalue weighted by atomic mass is 16.5. The van der Waals surface area contributed by atoms with E-state index in [1.54, 1.807) is 7.11 Å². The number of aromatic nitrogens is 1. The topological polar surface area (TPSA) is 100 Å². The molecule has 0 saturated carbocycles. The minimum absolute atomic E-state index is 0.00384. The van der Waals surface area contributed by atoms with Gasteiger partial charge < -0.3 is 25.7 Å². The Morgan fingerprint density at radius 3 is 2.57 bits per heavy atom. The average Bonchev–Trinajstić information content (AvgIpc) is 3.34. The van der Waals surface area contributed by atoms with E-state index in [0.717, 1.165) is 39.0 Å². The number of hydrogen-bond acceptors (Lipinski definition) is 4. The van der Waals surface area contributed by atoms with Crippen LogP contribution in [0.2, 0.25) is 0 Å². The maximum Gasteiger partial charge on any atom is 0.239 e. The first-order valence-corrected chi connectivity index (χ1v) is 12.6. The summed E-state index contributed by atoms with van der Waals surface area (Å²) in [5.74, 6) is 0.00243. The van der Waals surface area contributed by atoms with Gasteiger partial charge in [-0.2, -0.15) is 0 Å². The second kappa shape index (κ2) is 10.4. The number of benzene rings is 3. The zero-order chi connectivity index (χ0) is 25.9. The maximum atomic E-state index is 13.3. The van der Waals surface area contributed by atoms with Crippen LogP contribution in [0.25, 0.3) is 10.9 Å². The Hall–Kier alpha value is -4.26. The highest BCUT2D eigenvalue weighted by Gasteiger charge is 2.33. The molecule has 2 amide bonds. The number of methoxy groups -OCH3 is 1. The molecule has 37 heavy (non-hydrogen) atoms. The molecule has 0 saturated heterocycles. The molecule has 1 aliphatic rings. The van der Waals surface area contributed by atoms with Crippen molar-refractivity contribution in [2.24, 2.45) is 5.73 Å². The maximum absolute atomic E-state index is 13.3. The zero-order valence-corrected chi connectivity index (χ0v) is 21.1. The highest BCUT2D eigenvalue weighted by Crippen LogP contribution is 2.38. The van der Waals surface area contributed by atoms with Crippen molar-refractivity contribution >= 4 is 28.4 Å². The molecule has 4 aromatic rings. The predicted octanol–water partition coefficient (Wildman–Crippen LogP) is 4.29. The molecule has 1 aromatic heterocycles. The molecule has 3 aromatic carbocycles. The summed E-state index contributed by atoms with van der Waals surface area (Å²) in [5.41, 5.74) is 10.7. The van der Waals surface area contributed by atoms with Crippen molar-refractivity contribution in [2.45, 2.75) is 31.2 Å². The molecule has 7 heteroatoms. The van der Waals surface area contributed by atoms with Gasteiger partial charge in [-0.1, -0.05) is 48.5 Å². The number of carbonyl (C=O) groups is 2. The standard InChI is InChI=1S/C30H32N4O3/c1-19-15-24(30(31)36)23-8-4-6-10-28(23)34(19)18-29(35)33-16-25(20-11-13-21(37-2)14-12-20)26-17-32-27-9-5-3-7-22(26)27/h3-14,17,19,24-25,32H,15-16,18H2,1-2H3,(H2,31,36)(H,33,35). The van der Waals surface area contributed by atoms with Gasteiger partial charge in [0.15, 0.2) is 0 Å². The van der Waals surface area contributed by atoms with Crippen molar-refractivity contribution in [1.82, 2.24) is 10.3 Å². The van der Waals surface area contributed by atoms with Gasteiger partial charge in [0, 0.05) is 41.3 Å². The van der Waals surface area contributed by atoms with Crippen LogP contribution < -0.4 is 20.7 Å². The molecule has 0 fully saturated rings. The third kappa shape index (κ3) is 4.89. The van der Waals surface area contributed by atoms with Crippen molar-refractivity contribution < 1.29 is 14.3 Å². The Bertz CT molecular complexity index is 1410. The van der Waals surface area contributed by atoms with Crippen molar-refractivity contribution in [3.05, 3.63) is 95.7 Å². The Labute approximate surface area is 216 Å². The molecular formula is C30H32N4O3. The van der Waals surface area contributed by atoms with E-state index >= 15 is 0 Å². The summed E-state index contributed by atoms with van der Waals surface area (Å²) >= 11 is 0. The first kappa shape index (κ1) is 24.4. The Balaban J connectivity index is 1.37. The van der Waals surface area contributed by atoms with Gasteiger partial charge >= 0.3 is 0 Å². The van der Waals surface area contributed by atoms with Gasteiger partial charge in [0.1, 0.15) is 5.75 Å². The molecule has 4 N–H and O–H groups in total. The molecule has 7 nitrogen and oxygen atoms in total. The Kier molecular flexibility index (Phi) is 6.86. The molecule has 0 aliphatic carbocycles. The average molecular weight is 497 g/mol. The lowest BCUT2D eigenvalue weighted by Gasteiger charge is -2.39.